The first-order chi connectivity index (χ1) is 13.2. The molecular formula is C21H21F2N3O. The minimum Gasteiger partial charge on any atom is -0.497 e. The molecule has 1 fully saturated rings. The van der Waals surface area contributed by atoms with E-state index in [9.17, 15) is 8.78 Å². The zero-order chi connectivity index (χ0) is 18.8. The van der Waals surface area contributed by atoms with E-state index < -0.39 is 11.6 Å². The molecule has 0 saturated carbocycles. The summed E-state index contributed by atoms with van der Waals surface area (Å²) in [5.41, 5.74) is 2.63. The largest absolute Gasteiger partial charge is 0.497 e. The third-order valence-electron chi connectivity index (χ3n) is 5.29. The fourth-order valence-corrected chi connectivity index (χ4v) is 3.90. The van der Waals surface area contributed by atoms with Crippen LogP contribution in [0.1, 0.15) is 28.7 Å². The second-order valence-corrected chi connectivity index (χ2v) is 6.91. The van der Waals surface area contributed by atoms with Crippen LogP contribution in [0.25, 0.3) is 0 Å². The van der Waals surface area contributed by atoms with Crippen molar-refractivity contribution in [2.24, 2.45) is 0 Å². The molecule has 3 aromatic rings. The summed E-state index contributed by atoms with van der Waals surface area (Å²) in [6.45, 7) is 1.88. The lowest BCUT2D eigenvalue weighted by Gasteiger charge is -2.18. The summed E-state index contributed by atoms with van der Waals surface area (Å²) >= 11 is 0. The van der Waals surface area contributed by atoms with Gasteiger partial charge in [0.05, 0.1) is 7.11 Å². The highest BCUT2D eigenvalue weighted by Gasteiger charge is 2.36. The average molecular weight is 369 g/mol. The van der Waals surface area contributed by atoms with Gasteiger partial charge in [-0.25, -0.2) is 8.78 Å². The monoisotopic (exact) mass is 369 g/mol. The van der Waals surface area contributed by atoms with Gasteiger partial charge in [-0.15, -0.1) is 0 Å². The maximum Gasteiger partial charge on any atom is 0.163 e. The van der Waals surface area contributed by atoms with Crippen LogP contribution in [-0.2, 0) is 6.54 Å². The van der Waals surface area contributed by atoms with Crippen LogP contribution in [0.15, 0.2) is 54.7 Å². The Kier molecular flexibility index (Phi) is 4.90. The molecule has 140 valence electrons. The molecule has 6 heteroatoms. The summed E-state index contributed by atoms with van der Waals surface area (Å²) in [5, 5.41) is 7.15. The van der Waals surface area contributed by atoms with Gasteiger partial charge in [-0.05, 0) is 29.8 Å². The number of aromatic amines is 1. The molecule has 27 heavy (non-hydrogen) atoms. The molecule has 0 spiro atoms. The van der Waals surface area contributed by atoms with Crippen LogP contribution < -0.4 is 4.74 Å². The van der Waals surface area contributed by atoms with Gasteiger partial charge in [0.2, 0.25) is 0 Å². The van der Waals surface area contributed by atoms with Crippen molar-refractivity contribution in [1.29, 1.82) is 0 Å². The van der Waals surface area contributed by atoms with Crippen molar-refractivity contribution in [3.8, 4) is 5.75 Å². The van der Waals surface area contributed by atoms with Crippen LogP contribution in [-0.4, -0.2) is 35.3 Å². The summed E-state index contributed by atoms with van der Waals surface area (Å²) in [6, 6.07) is 14.4. The van der Waals surface area contributed by atoms with E-state index in [0.29, 0.717) is 12.1 Å². The van der Waals surface area contributed by atoms with E-state index in [1.54, 1.807) is 25.4 Å². The smallest absolute Gasteiger partial charge is 0.163 e. The first-order valence-corrected chi connectivity index (χ1v) is 8.94. The normalized spacial score (nSPS) is 20.1. The standard InChI is InChI=1S/C21H21F2N3O/c1-27-16-7-5-14(6-8-16)17-12-26(13-18(17)20-9-10-24-25-20)11-15-3-2-4-19(22)21(15)23/h2-10,17-18H,11-13H2,1H3,(H,24,25)/t17-,18+/m0/s1. The number of benzene rings is 2. The molecule has 0 unspecified atom stereocenters. The van der Waals surface area contributed by atoms with E-state index in [0.717, 1.165) is 30.6 Å². The Hall–Kier alpha value is -2.73. The van der Waals surface area contributed by atoms with Gasteiger partial charge in [0.1, 0.15) is 5.75 Å². The summed E-state index contributed by atoms with van der Waals surface area (Å²) in [6.07, 6.45) is 1.75. The summed E-state index contributed by atoms with van der Waals surface area (Å²) in [7, 11) is 1.65. The Morgan fingerprint density at radius 3 is 2.56 bits per heavy atom. The SMILES string of the molecule is COc1ccc([C@@H]2CN(Cc3cccc(F)c3F)C[C@H]2c2ccn[nH]2)cc1. The van der Waals surface area contributed by atoms with Crippen molar-refractivity contribution >= 4 is 0 Å². The lowest BCUT2D eigenvalue weighted by molar-refractivity contribution is 0.315. The van der Waals surface area contributed by atoms with Crippen LogP contribution in [0.2, 0.25) is 0 Å². The molecule has 1 aliphatic rings. The Labute approximate surface area is 156 Å². The van der Waals surface area contributed by atoms with Gasteiger partial charge in [0, 0.05) is 48.9 Å². The van der Waals surface area contributed by atoms with Crippen molar-refractivity contribution in [3.05, 3.63) is 83.2 Å². The van der Waals surface area contributed by atoms with E-state index in [4.69, 9.17) is 4.74 Å². The molecule has 4 nitrogen and oxygen atoms in total. The Balaban J connectivity index is 1.60. The van der Waals surface area contributed by atoms with Crippen LogP contribution in [0.3, 0.4) is 0 Å². The van der Waals surface area contributed by atoms with Crippen molar-refractivity contribution < 1.29 is 13.5 Å². The van der Waals surface area contributed by atoms with Gasteiger partial charge in [-0.1, -0.05) is 24.3 Å². The molecule has 2 heterocycles. The molecule has 2 atom stereocenters. The number of hydrogen-bond acceptors (Lipinski definition) is 3. The Morgan fingerprint density at radius 2 is 1.85 bits per heavy atom. The number of H-pyrrole nitrogens is 1. The first kappa shape index (κ1) is 17.7. The molecule has 2 aromatic carbocycles. The lowest BCUT2D eigenvalue weighted by atomic mass is 9.87. The third kappa shape index (κ3) is 3.57. The minimum absolute atomic E-state index is 0.206. The van der Waals surface area contributed by atoms with Crippen molar-refractivity contribution in [2.75, 3.05) is 20.2 Å². The molecule has 0 bridgehead atoms. The Morgan fingerprint density at radius 1 is 1.07 bits per heavy atom. The first-order valence-electron chi connectivity index (χ1n) is 8.94. The predicted molar refractivity (Wildman–Crippen MR) is 98.7 cm³/mol. The molecule has 0 aliphatic carbocycles. The minimum atomic E-state index is -0.802. The number of rotatable bonds is 5. The third-order valence-corrected chi connectivity index (χ3v) is 5.29. The van der Waals surface area contributed by atoms with E-state index in [1.807, 2.05) is 18.2 Å². The van der Waals surface area contributed by atoms with Crippen molar-refractivity contribution in [1.82, 2.24) is 15.1 Å². The van der Waals surface area contributed by atoms with Gasteiger partial charge in [0.25, 0.3) is 0 Å². The number of likely N-dealkylation sites (tertiary alicyclic amines) is 1. The highest BCUT2D eigenvalue weighted by atomic mass is 19.2. The highest BCUT2D eigenvalue weighted by molar-refractivity contribution is 5.33. The number of methoxy groups -OCH3 is 1. The van der Waals surface area contributed by atoms with E-state index >= 15 is 0 Å². The van der Waals surface area contributed by atoms with E-state index in [2.05, 4.69) is 27.2 Å². The molecular weight excluding hydrogens is 348 g/mol. The summed E-state index contributed by atoms with van der Waals surface area (Å²) in [5.74, 6) is -0.314. The predicted octanol–water partition coefficient (Wildman–Crippen LogP) is 4.08. The second-order valence-electron chi connectivity index (χ2n) is 6.91. The number of nitrogens with one attached hydrogen (secondary N) is 1. The summed E-state index contributed by atoms with van der Waals surface area (Å²) < 4.78 is 32.9. The summed E-state index contributed by atoms with van der Waals surface area (Å²) in [4.78, 5) is 2.16. The topological polar surface area (TPSA) is 41.1 Å². The Bertz CT molecular complexity index is 896. The number of aromatic nitrogens is 2. The number of halogens is 2. The van der Waals surface area contributed by atoms with E-state index in [-0.39, 0.29) is 11.8 Å². The van der Waals surface area contributed by atoms with Gasteiger partial charge in [-0.3, -0.25) is 10.00 Å². The van der Waals surface area contributed by atoms with Crippen LogP contribution in [0.4, 0.5) is 8.78 Å². The van der Waals surface area contributed by atoms with Gasteiger partial charge in [0.15, 0.2) is 11.6 Å². The maximum atomic E-state index is 14.1. The van der Waals surface area contributed by atoms with Crippen LogP contribution >= 0.6 is 0 Å². The fourth-order valence-electron chi connectivity index (χ4n) is 3.90. The molecule has 1 saturated heterocycles. The van der Waals surface area contributed by atoms with E-state index in [1.165, 1.54) is 5.56 Å². The number of ether oxygens (including phenoxy) is 1. The van der Waals surface area contributed by atoms with Crippen LogP contribution in [0.5, 0.6) is 5.75 Å². The molecule has 0 amide bonds. The van der Waals surface area contributed by atoms with Crippen molar-refractivity contribution in [3.63, 3.8) is 0 Å². The quantitative estimate of drug-likeness (QED) is 0.737. The fraction of sp³-hybridized carbons (Fsp3) is 0.286. The highest BCUT2D eigenvalue weighted by Crippen LogP contribution is 2.40. The lowest BCUT2D eigenvalue weighted by Crippen LogP contribution is -2.21. The molecule has 4 rings (SSSR count). The zero-order valence-corrected chi connectivity index (χ0v) is 15.0. The molecule has 1 aliphatic heterocycles. The van der Waals surface area contributed by atoms with Gasteiger partial charge in [-0.2, -0.15) is 5.10 Å². The number of nitrogens with zero attached hydrogens (tertiary/aromatic N) is 2. The van der Waals surface area contributed by atoms with Crippen molar-refractivity contribution in [2.45, 2.75) is 18.4 Å². The van der Waals surface area contributed by atoms with Gasteiger partial charge >= 0.3 is 0 Å². The molecule has 1 aromatic heterocycles. The maximum absolute atomic E-state index is 14.1. The number of hydrogen-bond donors (Lipinski definition) is 1. The van der Waals surface area contributed by atoms with Crippen LogP contribution in [0, 0.1) is 11.6 Å². The molecule has 1 N–H and O–H groups in total. The average Bonchev–Trinajstić information content (AvgIpc) is 3.35. The molecule has 0 radical (unpaired) electrons. The second kappa shape index (κ2) is 7.48. The zero-order valence-electron chi connectivity index (χ0n) is 15.0. The van der Waals surface area contributed by atoms with Gasteiger partial charge < -0.3 is 4.74 Å².